The topological polar surface area (TPSA) is 40.5 Å². The molecule has 2 N–H and O–H groups in total. The van der Waals surface area contributed by atoms with Crippen LogP contribution in [0, 0.1) is 46.3 Å². The first-order valence-electron chi connectivity index (χ1n) is 12.9. The highest BCUT2D eigenvalue weighted by Crippen LogP contribution is 2.67. The van der Waals surface area contributed by atoms with E-state index in [1.807, 2.05) is 0 Å². The molecule has 0 saturated heterocycles. The average Bonchev–Trinajstić information content (AvgIpc) is 3.08. The molecule has 3 fully saturated rings. The van der Waals surface area contributed by atoms with E-state index in [-0.39, 0.29) is 18.1 Å². The summed E-state index contributed by atoms with van der Waals surface area (Å²) < 4.78 is 0. The Kier molecular flexibility index (Phi) is 6.32. The second-order valence-electron chi connectivity index (χ2n) is 12.1. The van der Waals surface area contributed by atoms with E-state index in [1.165, 1.54) is 56.1 Å². The lowest BCUT2D eigenvalue weighted by atomic mass is 9.46. The van der Waals surface area contributed by atoms with E-state index in [9.17, 15) is 10.2 Å². The van der Waals surface area contributed by atoms with Gasteiger partial charge in [0.1, 0.15) is 0 Å². The van der Waals surface area contributed by atoms with Gasteiger partial charge in [0, 0.05) is 5.41 Å². The molecule has 0 amide bonds. The lowest BCUT2D eigenvalue weighted by Crippen LogP contribution is -2.53. The Morgan fingerprint density at radius 3 is 2.60 bits per heavy atom. The molecule has 2 heteroatoms. The largest absolute Gasteiger partial charge is 0.395 e. The van der Waals surface area contributed by atoms with Crippen molar-refractivity contribution in [2.24, 2.45) is 46.3 Å². The molecule has 0 aromatic rings. The molecule has 0 radical (unpaired) electrons. The van der Waals surface area contributed by atoms with Crippen molar-refractivity contribution >= 4 is 0 Å². The first-order chi connectivity index (χ1) is 14.2. The van der Waals surface area contributed by atoms with Crippen LogP contribution < -0.4 is 0 Å². The van der Waals surface area contributed by atoms with Crippen molar-refractivity contribution in [3.8, 4) is 0 Å². The van der Waals surface area contributed by atoms with Gasteiger partial charge < -0.3 is 10.2 Å². The van der Waals surface area contributed by atoms with Crippen molar-refractivity contribution in [2.75, 3.05) is 6.61 Å². The van der Waals surface area contributed by atoms with Crippen LogP contribution in [0.15, 0.2) is 23.8 Å². The lowest BCUT2D eigenvalue weighted by Gasteiger charge is -2.59. The van der Waals surface area contributed by atoms with Gasteiger partial charge in [-0.05, 0) is 105 Å². The van der Waals surface area contributed by atoms with E-state index < -0.39 is 0 Å². The minimum atomic E-state index is -0.196. The third-order valence-corrected chi connectivity index (χ3v) is 10.6. The molecular weight excluding hydrogens is 368 g/mol. The highest BCUT2D eigenvalue weighted by Gasteiger charge is 2.60. The number of aliphatic hydroxyl groups is 2. The van der Waals surface area contributed by atoms with Gasteiger partial charge in [0.25, 0.3) is 0 Å². The van der Waals surface area contributed by atoms with Crippen molar-refractivity contribution in [3.05, 3.63) is 23.8 Å². The molecular formula is C28H46O2. The zero-order chi connectivity index (χ0) is 21.7. The smallest absolute Gasteiger partial charge is 0.0577 e. The Hall–Kier alpha value is -0.600. The second-order valence-corrected chi connectivity index (χ2v) is 12.1. The molecule has 4 rings (SSSR count). The number of hydrogen-bond acceptors (Lipinski definition) is 2. The van der Waals surface area contributed by atoms with Crippen LogP contribution in [0.25, 0.3) is 0 Å². The van der Waals surface area contributed by atoms with Gasteiger partial charge in [-0.25, -0.2) is 0 Å². The second kappa shape index (κ2) is 8.39. The molecule has 8 atom stereocenters. The fourth-order valence-electron chi connectivity index (χ4n) is 8.61. The maximum Gasteiger partial charge on any atom is 0.0577 e. The Bertz CT molecular complexity index is 678. The Balaban J connectivity index is 1.52. The molecule has 4 aliphatic carbocycles. The summed E-state index contributed by atoms with van der Waals surface area (Å²) in [6.07, 6.45) is 13.9. The zero-order valence-corrected chi connectivity index (χ0v) is 20.0. The third kappa shape index (κ3) is 3.54. The summed E-state index contributed by atoms with van der Waals surface area (Å²) in [4.78, 5) is 0. The van der Waals surface area contributed by atoms with Gasteiger partial charge in [-0.3, -0.25) is 0 Å². The predicted molar refractivity (Wildman–Crippen MR) is 125 cm³/mol. The fourth-order valence-corrected chi connectivity index (χ4v) is 8.61. The standard InChI is InChI=1S/C28H46O2/c1-18(2)19(3)6-7-20(4)24-10-11-25-23-9-8-21-16-22(30)12-15-28(21,17-29)26(23)13-14-27(24,25)5/h8,18,20,22-26,29-30H,3,6-7,9-17H2,1-2,4-5H3/t20-,22-,23-,24+,25-,26-,27+,28+/m0/s1. The molecule has 0 unspecified atom stereocenters. The molecule has 0 bridgehead atoms. The van der Waals surface area contributed by atoms with Gasteiger partial charge in [-0.15, -0.1) is 0 Å². The van der Waals surface area contributed by atoms with Crippen LogP contribution in [-0.4, -0.2) is 22.9 Å². The normalized spacial score (nSPS) is 44.1. The van der Waals surface area contributed by atoms with E-state index in [1.54, 1.807) is 0 Å². The molecule has 30 heavy (non-hydrogen) atoms. The molecule has 0 aromatic carbocycles. The summed E-state index contributed by atoms with van der Waals surface area (Å²) >= 11 is 0. The number of hydrogen-bond donors (Lipinski definition) is 2. The van der Waals surface area contributed by atoms with Crippen LogP contribution in [0.4, 0.5) is 0 Å². The summed E-state index contributed by atoms with van der Waals surface area (Å²) in [5, 5.41) is 20.8. The summed E-state index contributed by atoms with van der Waals surface area (Å²) in [6, 6.07) is 0. The minimum Gasteiger partial charge on any atom is -0.395 e. The van der Waals surface area contributed by atoms with Crippen LogP contribution in [0.3, 0.4) is 0 Å². The molecule has 0 aliphatic heterocycles. The monoisotopic (exact) mass is 414 g/mol. The molecule has 0 spiro atoms. The SMILES string of the molecule is C=C(CC[C@H](C)[C@H]1CC[C@H]2[C@@H]3CC=C4C[C@@H](O)CC[C@]4(CO)[C@H]3CC[C@]12C)C(C)C. The number of aliphatic hydroxyl groups excluding tert-OH is 2. The first-order valence-corrected chi connectivity index (χ1v) is 12.9. The molecule has 4 aliphatic rings. The van der Waals surface area contributed by atoms with Crippen molar-refractivity contribution in [3.63, 3.8) is 0 Å². The highest BCUT2D eigenvalue weighted by atomic mass is 16.3. The van der Waals surface area contributed by atoms with Crippen LogP contribution in [0.1, 0.15) is 91.9 Å². The van der Waals surface area contributed by atoms with Crippen molar-refractivity contribution in [2.45, 2.75) is 98.0 Å². The van der Waals surface area contributed by atoms with Crippen molar-refractivity contribution < 1.29 is 10.2 Å². The van der Waals surface area contributed by atoms with Gasteiger partial charge in [0.15, 0.2) is 0 Å². The highest BCUT2D eigenvalue weighted by molar-refractivity contribution is 5.26. The van der Waals surface area contributed by atoms with E-state index >= 15 is 0 Å². The summed E-state index contributed by atoms with van der Waals surface area (Å²) in [5.74, 6) is 4.39. The average molecular weight is 415 g/mol. The van der Waals surface area contributed by atoms with Crippen LogP contribution in [0.5, 0.6) is 0 Å². The quantitative estimate of drug-likeness (QED) is 0.485. The Morgan fingerprint density at radius 2 is 1.90 bits per heavy atom. The fraction of sp³-hybridized carbons (Fsp3) is 0.857. The van der Waals surface area contributed by atoms with Crippen LogP contribution in [-0.2, 0) is 0 Å². The predicted octanol–water partition coefficient (Wildman–Crippen LogP) is 6.53. The van der Waals surface area contributed by atoms with E-state index in [0.29, 0.717) is 17.3 Å². The van der Waals surface area contributed by atoms with Crippen LogP contribution >= 0.6 is 0 Å². The first kappa shape index (κ1) is 22.6. The summed E-state index contributed by atoms with van der Waals surface area (Å²) in [7, 11) is 0. The minimum absolute atomic E-state index is 0.0256. The van der Waals surface area contributed by atoms with Gasteiger partial charge in [-0.1, -0.05) is 51.5 Å². The van der Waals surface area contributed by atoms with Gasteiger partial charge >= 0.3 is 0 Å². The number of allylic oxidation sites excluding steroid dienone is 2. The number of rotatable bonds is 6. The lowest BCUT2D eigenvalue weighted by molar-refractivity contribution is -0.0794. The summed E-state index contributed by atoms with van der Waals surface area (Å²) in [6.45, 7) is 14.3. The molecule has 3 saturated carbocycles. The Morgan fingerprint density at radius 1 is 1.13 bits per heavy atom. The maximum absolute atomic E-state index is 10.6. The third-order valence-electron chi connectivity index (χ3n) is 10.6. The van der Waals surface area contributed by atoms with Gasteiger partial charge in [0.2, 0.25) is 0 Å². The van der Waals surface area contributed by atoms with E-state index in [2.05, 4.69) is 40.3 Å². The van der Waals surface area contributed by atoms with Crippen molar-refractivity contribution in [1.82, 2.24) is 0 Å². The van der Waals surface area contributed by atoms with Gasteiger partial charge in [0.05, 0.1) is 12.7 Å². The maximum atomic E-state index is 10.6. The Labute approximate surface area is 185 Å². The molecule has 170 valence electrons. The molecule has 2 nitrogen and oxygen atoms in total. The summed E-state index contributed by atoms with van der Waals surface area (Å²) in [5.41, 5.74) is 3.25. The molecule has 0 heterocycles. The van der Waals surface area contributed by atoms with Gasteiger partial charge in [-0.2, -0.15) is 0 Å². The number of fused-ring (bicyclic) bond motifs is 5. The van der Waals surface area contributed by atoms with E-state index in [4.69, 9.17) is 0 Å². The van der Waals surface area contributed by atoms with Crippen LogP contribution in [0.2, 0.25) is 0 Å². The molecule has 0 aromatic heterocycles. The zero-order valence-electron chi connectivity index (χ0n) is 20.0. The van der Waals surface area contributed by atoms with Crippen molar-refractivity contribution in [1.29, 1.82) is 0 Å². The van der Waals surface area contributed by atoms with E-state index in [0.717, 1.165) is 42.9 Å².